The molecule has 0 bridgehead atoms. The second kappa shape index (κ2) is 14.2. The van der Waals surface area contributed by atoms with Crippen LogP contribution in [0.1, 0.15) is 95.6 Å². The summed E-state index contributed by atoms with van der Waals surface area (Å²) in [7, 11) is -3.07. The van der Waals surface area contributed by atoms with E-state index in [9.17, 15) is 4.57 Å². The van der Waals surface area contributed by atoms with Gasteiger partial charge in [-0.3, -0.25) is 4.52 Å². The predicted molar refractivity (Wildman–Crippen MR) is 117 cm³/mol. The minimum atomic E-state index is -3.07. The molecule has 0 amide bonds. The van der Waals surface area contributed by atoms with Crippen LogP contribution >= 0.6 is 7.60 Å². The van der Waals surface area contributed by atoms with E-state index in [2.05, 4.69) is 19.9 Å². The monoisotopic (exact) mass is 396 g/mol. The van der Waals surface area contributed by atoms with Gasteiger partial charge in [0.15, 0.2) is 0 Å². The van der Waals surface area contributed by atoms with Gasteiger partial charge in [0.1, 0.15) is 5.75 Å². The standard InChI is InChI=1S/C23H41O3P/c1-5-7-9-10-11-12-13-14-15-16-25-27(24,17-8-6-2)26-23-19-21(3)18-22(4)20-23/h18-20H,5-17H2,1-4H3. The Kier molecular flexibility index (Phi) is 12.8. The molecule has 0 heterocycles. The van der Waals surface area contributed by atoms with E-state index in [0.717, 1.165) is 36.8 Å². The summed E-state index contributed by atoms with van der Waals surface area (Å²) in [6.45, 7) is 8.94. The van der Waals surface area contributed by atoms with Crippen molar-refractivity contribution in [2.45, 2.75) is 98.3 Å². The fraction of sp³-hybridized carbons (Fsp3) is 0.739. The summed E-state index contributed by atoms with van der Waals surface area (Å²) in [4.78, 5) is 0. The Morgan fingerprint density at radius 1 is 0.741 bits per heavy atom. The van der Waals surface area contributed by atoms with Crippen LogP contribution in [-0.2, 0) is 9.09 Å². The highest BCUT2D eigenvalue weighted by Gasteiger charge is 2.25. The van der Waals surface area contributed by atoms with E-state index in [1.165, 1.54) is 44.9 Å². The van der Waals surface area contributed by atoms with Crippen LogP contribution in [0.15, 0.2) is 18.2 Å². The molecule has 0 radical (unpaired) electrons. The highest BCUT2D eigenvalue weighted by atomic mass is 31.2. The minimum absolute atomic E-state index is 0.494. The van der Waals surface area contributed by atoms with Crippen molar-refractivity contribution >= 4 is 7.60 Å². The molecule has 0 saturated heterocycles. The van der Waals surface area contributed by atoms with Crippen molar-refractivity contribution < 1.29 is 13.6 Å². The zero-order chi connectivity index (χ0) is 20.0. The van der Waals surface area contributed by atoms with Crippen molar-refractivity contribution in [1.29, 1.82) is 0 Å². The summed E-state index contributed by atoms with van der Waals surface area (Å²) in [6, 6.07) is 5.97. The molecule has 0 aliphatic rings. The van der Waals surface area contributed by atoms with Crippen LogP contribution in [-0.4, -0.2) is 12.8 Å². The molecule has 0 aromatic heterocycles. The largest absolute Gasteiger partial charge is 0.424 e. The molecule has 3 nitrogen and oxygen atoms in total. The van der Waals surface area contributed by atoms with Crippen LogP contribution in [0, 0.1) is 13.8 Å². The van der Waals surface area contributed by atoms with Gasteiger partial charge in [0, 0.05) is 0 Å². The van der Waals surface area contributed by atoms with E-state index in [1.54, 1.807) is 0 Å². The Bertz CT molecular complexity index is 536. The summed E-state index contributed by atoms with van der Waals surface area (Å²) >= 11 is 0. The van der Waals surface area contributed by atoms with Crippen molar-refractivity contribution in [1.82, 2.24) is 0 Å². The van der Waals surface area contributed by atoms with Gasteiger partial charge in [-0.2, -0.15) is 0 Å². The van der Waals surface area contributed by atoms with E-state index in [1.807, 2.05) is 26.0 Å². The molecule has 0 aliphatic heterocycles. The molecule has 0 fully saturated rings. The van der Waals surface area contributed by atoms with Gasteiger partial charge in [-0.15, -0.1) is 0 Å². The predicted octanol–water partition coefficient (Wildman–Crippen LogP) is 8.22. The average Bonchev–Trinajstić information content (AvgIpc) is 2.61. The molecular formula is C23H41O3P. The van der Waals surface area contributed by atoms with Gasteiger partial charge in [-0.05, 0) is 49.9 Å². The third-order valence-corrected chi connectivity index (χ3v) is 6.69. The Hall–Kier alpha value is -0.790. The summed E-state index contributed by atoms with van der Waals surface area (Å²) in [5.41, 5.74) is 2.23. The van der Waals surface area contributed by atoms with Gasteiger partial charge in [0.2, 0.25) is 0 Å². The fourth-order valence-electron chi connectivity index (χ4n) is 3.25. The van der Waals surface area contributed by atoms with Crippen LogP contribution in [0.4, 0.5) is 0 Å². The summed E-state index contributed by atoms with van der Waals surface area (Å²) in [5, 5.41) is 0. The van der Waals surface area contributed by atoms with Crippen molar-refractivity contribution in [3.63, 3.8) is 0 Å². The van der Waals surface area contributed by atoms with Crippen molar-refractivity contribution in [2.24, 2.45) is 0 Å². The van der Waals surface area contributed by atoms with Gasteiger partial charge in [-0.1, -0.05) is 77.7 Å². The third kappa shape index (κ3) is 11.6. The Balaban J connectivity index is 2.35. The molecule has 1 rings (SSSR count). The quantitative estimate of drug-likeness (QED) is 0.208. The first-order valence-electron chi connectivity index (χ1n) is 11.0. The molecule has 0 spiro atoms. The lowest BCUT2D eigenvalue weighted by atomic mass is 10.1. The average molecular weight is 397 g/mol. The summed E-state index contributed by atoms with van der Waals surface area (Å²) < 4.78 is 24.8. The second-order valence-corrected chi connectivity index (χ2v) is 9.87. The lowest BCUT2D eigenvalue weighted by molar-refractivity contribution is 0.256. The molecule has 0 saturated carbocycles. The van der Waals surface area contributed by atoms with Crippen LogP contribution < -0.4 is 4.52 Å². The van der Waals surface area contributed by atoms with Crippen LogP contribution in [0.25, 0.3) is 0 Å². The number of hydrogen-bond acceptors (Lipinski definition) is 3. The Labute approximate surface area is 167 Å². The normalized spacial score (nSPS) is 13.5. The van der Waals surface area contributed by atoms with Gasteiger partial charge in [-0.25, -0.2) is 4.57 Å². The molecule has 4 heteroatoms. The van der Waals surface area contributed by atoms with Crippen LogP contribution in [0.3, 0.4) is 0 Å². The first-order chi connectivity index (χ1) is 13.0. The van der Waals surface area contributed by atoms with E-state index < -0.39 is 7.60 Å². The fourth-order valence-corrected chi connectivity index (χ4v) is 5.06. The maximum Gasteiger partial charge on any atom is 0.379 e. The van der Waals surface area contributed by atoms with Gasteiger partial charge >= 0.3 is 7.60 Å². The molecule has 0 aliphatic carbocycles. The molecule has 1 atom stereocenters. The van der Waals surface area contributed by atoms with E-state index >= 15 is 0 Å². The Morgan fingerprint density at radius 2 is 1.26 bits per heavy atom. The molecule has 27 heavy (non-hydrogen) atoms. The molecule has 1 aromatic carbocycles. The number of rotatable bonds is 16. The highest BCUT2D eigenvalue weighted by molar-refractivity contribution is 7.54. The maximum absolute atomic E-state index is 13.2. The first-order valence-corrected chi connectivity index (χ1v) is 12.7. The lowest BCUT2D eigenvalue weighted by Gasteiger charge is -2.20. The van der Waals surface area contributed by atoms with E-state index in [0.29, 0.717) is 18.5 Å². The first kappa shape index (κ1) is 24.2. The van der Waals surface area contributed by atoms with Crippen molar-refractivity contribution in [3.05, 3.63) is 29.3 Å². The smallest absolute Gasteiger partial charge is 0.379 e. The summed E-state index contributed by atoms with van der Waals surface area (Å²) in [6.07, 6.45) is 13.7. The van der Waals surface area contributed by atoms with E-state index in [4.69, 9.17) is 9.05 Å². The van der Waals surface area contributed by atoms with Crippen LogP contribution in [0.5, 0.6) is 5.75 Å². The number of aryl methyl sites for hydroxylation is 2. The third-order valence-electron chi connectivity index (χ3n) is 4.76. The van der Waals surface area contributed by atoms with Gasteiger partial charge in [0.25, 0.3) is 0 Å². The molecule has 1 aromatic rings. The molecular weight excluding hydrogens is 355 g/mol. The lowest BCUT2D eigenvalue weighted by Crippen LogP contribution is -2.04. The maximum atomic E-state index is 13.2. The number of benzene rings is 1. The minimum Gasteiger partial charge on any atom is -0.424 e. The molecule has 0 N–H and O–H groups in total. The Morgan fingerprint density at radius 3 is 1.81 bits per heavy atom. The van der Waals surface area contributed by atoms with E-state index in [-0.39, 0.29) is 0 Å². The van der Waals surface area contributed by atoms with Gasteiger partial charge < -0.3 is 4.52 Å². The number of unbranched alkanes of at least 4 members (excludes halogenated alkanes) is 9. The molecule has 156 valence electrons. The number of hydrogen-bond donors (Lipinski definition) is 0. The zero-order valence-corrected chi connectivity index (χ0v) is 19.0. The van der Waals surface area contributed by atoms with Crippen molar-refractivity contribution in [3.8, 4) is 5.75 Å². The molecule has 1 unspecified atom stereocenters. The highest BCUT2D eigenvalue weighted by Crippen LogP contribution is 2.49. The van der Waals surface area contributed by atoms with Gasteiger partial charge in [0.05, 0.1) is 12.8 Å². The second-order valence-electron chi connectivity index (χ2n) is 7.76. The topological polar surface area (TPSA) is 35.5 Å². The van der Waals surface area contributed by atoms with Crippen LogP contribution in [0.2, 0.25) is 0 Å². The zero-order valence-electron chi connectivity index (χ0n) is 18.1. The summed E-state index contributed by atoms with van der Waals surface area (Å²) in [5.74, 6) is 0.666. The van der Waals surface area contributed by atoms with Crippen molar-refractivity contribution in [2.75, 3.05) is 12.8 Å². The SMILES string of the molecule is CCCCCCCCCCCOP(=O)(CCCC)Oc1cc(C)cc(C)c1.